The Morgan fingerprint density at radius 3 is 2.47 bits per heavy atom. The van der Waals surface area contributed by atoms with Crippen molar-refractivity contribution in [2.75, 3.05) is 6.61 Å². The molecule has 0 amide bonds. The normalized spacial score (nSPS) is 11.2. The van der Waals surface area contributed by atoms with Crippen LogP contribution < -0.4 is 0 Å². The molecule has 0 atom stereocenters. The Kier molecular flexibility index (Phi) is 5.48. The van der Waals surface area contributed by atoms with Gasteiger partial charge < -0.3 is 9.52 Å². The molecule has 1 N–H and O–H groups in total. The van der Waals surface area contributed by atoms with E-state index in [-0.39, 0.29) is 0 Å². The van der Waals surface area contributed by atoms with Crippen LogP contribution >= 0.6 is 0 Å². The molecule has 0 fully saturated rings. The Labute approximate surface area is 92.3 Å². The SMILES string of the molecule is CC(C)c1ccc(CCCCCCO)o1. The van der Waals surface area contributed by atoms with Crippen molar-refractivity contribution in [1.29, 1.82) is 0 Å². The van der Waals surface area contributed by atoms with E-state index in [1.807, 2.05) is 0 Å². The van der Waals surface area contributed by atoms with E-state index < -0.39 is 0 Å². The zero-order chi connectivity index (χ0) is 11.1. The first-order chi connectivity index (χ1) is 7.24. The number of furan rings is 1. The number of aryl methyl sites for hydroxylation is 1. The molecule has 0 radical (unpaired) electrons. The van der Waals surface area contributed by atoms with Crippen LogP contribution in [-0.2, 0) is 6.42 Å². The van der Waals surface area contributed by atoms with Gasteiger partial charge in [-0.25, -0.2) is 0 Å². The van der Waals surface area contributed by atoms with E-state index in [2.05, 4.69) is 26.0 Å². The van der Waals surface area contributed by atoms with Crippen LogP contribution in [0.3, 0.4) is 0 Å². The number of hydrogen-bond donors (Lipinski definition) is 1. The Bertz CT molecular complexity index is 263. The van der Waals surface area contributed by atoms with E-state index in [1.54, 1.807) is 0 Å². The number of unbranched alkanes of at least 4 members (excludes halogenated alkanes) is 3. The van der Waals surface area contributed by atoms with E-state index >= 15 is 0 Å². The summed E-state index contributed by atoms with van der Waals surface area (Å²) in [6.07, 6.45) is 5.41. The molecule has 1 aromatic rings. The van der Waals surface area contributed by atoms with Gasteiger partial charge in [0.05, 0.1) is 0 Å². The van der Waals surface area contributed by atoms with Gasteiger partial charge in [-0.3, -0.25) is 0 Å². The average Bonchev–Trinajstić information content (AvgIpc) is 2.66. The van der Waals surface area contributed by atoms with Gasteiger partial charge in [-0.05, 0) is 25.0 Å². The Morgan fingerprint density at radius 1 is 1.13 bits per heavy atom. The first-order valence-electron chi connectivity index (χ1n) is 5.93. The summed E-state index contributed by atoms with van der Waals surface area (Å²) >= 11 is 0. The van der Waals surface area contributed by atoms with E-state index in [1.165, 1.54) is 6.42 Å². The van der Waals surface area contributed by atoms with Gasteiger partial charge in [0.1, 0.15) is 11.5 Å². The van der Waals surface area contributed by atoms with Crippen molar-refractivity contribution in [3.05, 3.63) is 23.7 Å². The van der Waals surface area contributed by atoms with Crippen LogP contribution in [0.1, 0.15) is 57.0 Å². The number of aliphatic hydroxyl groups excluding tert-OH is 1. The average molecular weight is 210 g/mol. The lowest BCUT2D eigenvalue weighted by Crippen LogP contribution is -1.86. The lowest BCUT2D eigenvalue weighted by molar-refractivity contribution is 0.282. The van der Waals surface area contributed by atoms with Gasteiger partial charge in [0, 0.05) is 18.9 Å². The van der Waals surface area contributed by atoms with Gasteiger partial charge in [0.15, 0.2) is 0 Å². The standard InChI is InChI=1S/C13H22O2/c1-11(2)13-9-8-12(15-13)7-5-3-4-6-10-14/h8-9,11,14H,3-7,10H2,1-2H3. The number of rotatable bonds is 7. The maximum absolute atomic E-state index is 8.63. The largest absolute Gasteiger partial charge is 0.466 e. The van der Waals surface area contributed by atoms with E-state index in [4.69, 9.17) is 9.52 Å². The van der Waals surface area contributed by atoms with Crippen molar-refractivity contribution in [1.82, 2.24) is 0 Å². The first kappa shape index (κ1) is 12.3. The maximum atomic E-state index is 8.63. The van der Waals surface area contributed by atoms with Crippen molar-refractivity contribution < 1.29 is 9.52 Å². The predicted molar refractivity (Wildman–Crippen MR) is 62.1 cm³/mol. The molecular weight excluding hydrogens is 188 g/mol. The topological polar surface area (TPSA) is 33.4 Å². The fourth-order valence-corrected chi connectivity index (χ4v) is 1.60. The smallest absolute Gasteiger partial charge is 0.106 e. The highest BCUT2D eigenvalue weighted by Crippen LogP contribution is 2.19. The van der Waals surface area contributed by atoms with Crippen molar-refractivity contribution in [3.8, 4) is 0 Å². The van der Waals surface area contributed by atoms with Crippen LogP contribution in [0.5, 0.6) is 0 Å². The molecule has 86 valence electrons. The molecule has 0 aliphatic rings. The Balaban J connectivity index is 2.20. The Morgan fingerprint density at radius 2 is 1.87 bits per heavy atom. The van der Waals surface area contributed by atoms with Gasteiger partial charge in [0.25, 0.3) is 0 Å². The third-order valence-electron chi connectivity index (χ3n) is 2.58. The highest BCUT2D eigenvalue weighted by Gasteiger charge is 2.05. The van der Waals surface area contributed by atoms with Gasteiger partial charge in [0.2, 0.25) is 0 Å². The Hall–Kier alpha value is -0.760. The first-order valence-corrected chi connectivity index (χ1v) is 5.93. The molecule has 15 heavy (non-hydrogen) atoms. The fourth-order valence-electron chi connectivity index (χ4n) is 1.60. The molecule has 0 spiro atoms. The molecule has 0 aliphatic heterocycles. The summed E-state index contributed by atoms with van der Waals surface area (Å²) in [4.78, 5) is 0. The van der Waals surface area contributed by atoms with E-state index in [0.717, 1.165) is 37.2 Å². The van der Waals surface area contributed by atoms with Gasteiger partial charge >= 0.3 is 0 Å². The fraction of sp³-hybridized carbons (Fsp3) is 0.692. The summed E-state index contributed by atoms with van der Waals surface area (Å²) in [5.41, 5.74) is 0. The molecule has 2 heteroatoms. The van der Waals surface area contributed by atoms with Gasteiger partial charge in [-0.2, -0.15) is 0 Å². The molecule has 0 saturated carbocycles. The second kappa shape index (κ2) is 6.67. The molecular formula is C13H22O2. The molecule has 1 aromatic heterocycles. The van der Waals surface area contributed by atoms with E-state index in [9.17, 15) is 0 Å². The van der Waals surface area contributed by atoms with Crippen molar-refractivity contribution >= 4 is 0 Å². The van der Waals surface area contributed by atoms with Crippen LogP contribution in [0, 0.1) is 0 Å². The molecule has 1 rings (SSSR count). The van der Waals surface area contributed by atoms with Crippen molar-refractivity contribution in [2.45, 2.75) is 51.9 Å². The lowest BCUT2D eigenvalue weighted by atomic mass is 10.1. The molecule has 2 nitrogen and oxygen atoms in total. The summed E-state index contributed by atoms with van der Waals surface area (Å²) in [7, 11) is 0. The minimum atomic E-state index is 0.318. The zero-order valence-corrected chi connectivity index (χ0v) is 9.83. The number of hydrogen-bond acceptors (Lipinski definition) is 2. The molecule has 0 aromatic carbocycles. The summed E-state index contributed by atoms with van der Waals surface area (Å²) < 4.78 is 5.70. The summed E-state index contributed by atoms with van der Waals surface area (Å²) in [5.74, 6) is 2.66. The van der Waals surface area contributed by atoms with Crippen LogP contribution in [0.2, 0.25) is 0 Å². The lowest BCUT2D eigenvalue weighted by Gasteiger charge is -2.00. The molecule has 0 aliphatic carbocycles. The second-order valence-corrected chi connectivity index (χ2v) is 4.35. The minimum absolute atomic E-state index is 0.318. The summed E-state index contributed by atoms with van der Waals surface area (Å²) in [5, 5.41) is 8.63. The highest BCUT2D eigenvalue weighted by molar-refractivity contribution is 5.10. The van der Waals surface area contributed by atoms with Gasteiger partial charge in [-0.15, -0.1) is 0 Å². The van der Waals surface area contributed by atoms with Crippen LogP contribution in [0.25, 0.3) is 0 Å². The van der Waals surface area contributed by atoms with E-state index in [0.29, 0.717) is 12.5 Å². The minimum Gasteiger partial charge on any atom is -0.466 e. The van der Waals surface area contributed by atoms with Crippen LogP contribution in [-0.4, -0.2) is 11.7 Å². The van der Waals surface area contributed by atoms with Crippen LogP contribution in [0.15, 0.2) is 16.5 Å². The van der Waals surface area contributed by atoms with Crippen molar-refractivity contribution in [3.63, 3.8) is 0 Å². The highest BCUT2D eigenvalue weighted by atomic mass is 16.3. The summed E-state index contributed by atoms with van der Waals surface area (Å²) in [6.45, 7) is 4.60. The monoisotopic (exact) mass is 210 g/mol. The quantitative estimate of drug-likeness (QED) is 0.699. The summed E-state index contributed by atoms with van der Waals surface area (Å²) in [6, 6.07) is 4.16. The van der Waals surface area contributed by atoms with Crippen molar-refractivity contribution in [2.24, 2.45) is 0 Å². The second-order valence-electron chi connectivity index (χ2n) is 4.35. The third-order valence-corrected chi connectivity index (χ3v) is 2.58. The number of aliphatic hydroxyl groups is 1. The maximum Gasteiger partial charge on any atom is 0.106 e. The predicted octanol–water partition coefficient (Wildman–Crippen LogP) is 3.50. The molecule has 0 unspecified atom stereocenters. The molecule has 0 bridgehead atoms. The third kappa shape index (κ3) is 4.52. The zero-order valence-electron chi connectivity index (χ0n) is 9.83. The molecule has 1 heterocycles. The molecule has 0 saturated heterocycles. The van der Waals surface area contributed by atoms with Crippen LogP contribution in [0.4, 0.5) is 0 Å². The van der Waals surface area contributed by atoms with Gasteiger partial charge in [-0.1, -0.05) is 26.7 Å².